The molecule has 9 heteroatoms. The van der Waals surface area contributed by atoms with Gasteiger partial charge in [-0.15, -0.1) is 0 Å². The molecule has 0 atom stereocenters. The molecular formula is C9H12N6O2S. The van der Waals surface area contributed by atoms with Gasteiger partial charge in [0, 0.05) is 13.2 Å². The van der Waals surface area contributed by atoms with Crippen molar-refractivity contribution in [3.63, 3.8) is 0 Å². The van der Waals surface area contributed by atoms with Crippen molar-refractivity contribution < 1.29 is 8.42 Å². The Morgan fingerprint density at radius 2 is 2.06 bits per heavy atom. The molecule has 3 N–H and O–H groups in total. The summed E-state index contributed by atoms with van der Waals surface area (Å²) in [5.74, 6) is 0.0283. The van der Waals surface area contributed by atoms with Crippen molar-refractivity contribution in [2.24, 2.45) is 7.05 Å². The Labute approximate surface area is 104 Å². The van der Waals surface area contributed by atoms with E-state index in [1.807, 2.05) is 0 Å². The van der Waals surface area contributed by atoms with Crippen LogP contribution in [-0.4, -0.2) is 28.2 Å². The molecule has 0 radical (unpaired) electrons. The number of sulfonamides is 1. The molecule has 0 aliphatic carbocycles. The van der Waals surface area contributed by atoms with Gasteiger partial charge in [0.1, 0.15) is 4.90 Å². The molecule has 0 aliphatic heterocycles. The van der Waals surface area contributed by atoms with Gasteiger partial charge < -0.3 is 5.73 Å². The SMILES string of the molecule is Cn1nccc1CNS(=O)(=O)c1cnc(N)nc1. The van der Waals surface area contributed by atoms with Gasteiger partial charge in [0.25, 0.3) is 0 Å². The minimum absolute atomic E-state index is 0.0283. The summed E-state index contributed by atoms with van der Waals surface area (Å²) < 4.78 is 27.8. The van der Waals surface area contributed by atoms with Crippen molar-refractivity contribution in [2.75, 3.05) is 5.73 Å². The number of aryl methyl sites for hydroxylation is 1. The van der Waals surface area contributed by atoms with Crippen molar-refractivity contribution in [1.29, 1.82) is 0 Å². The molecule has 18 heavy (non-hydrogen) atoms. The number of hydrogen-bond acceptors (Lipinski definition) is 6. The standard InChI is InChI=1S/C9H12N6O2S/c1-15-7(2-3-13-15)4-14-18(16,17)8-5-11-9(10)12-6-8/h2-3,5-6,14H,4H2,1H3,(H2,10,11,12). The molecule has 0 bridgehead atoms. The molecule has 0 saturated carbocycles. The highest BCUT2D eigenvalue weighted by Crippen LogP contribution is 2.07. The molecule has 0 fully saturated rings. The smallest absolute Gasteiger partial charge is 0.243 e. The predicted octanol–water partition coefficient (Wildman–Crippen LogP) is -0.729. The number of rotatable bonds is 4. The summed E-state index contributed by atoms with van der Waals surface area (Å²) in [6.45, 7) is 0.142. The first-order chi connectivity index (χ1) is 8.49. The topological polar surface area (TPSA) is 116 Å². The van der Waals surface area contributed by atoms with Gasteiger partial charge in [-0.3, -0.25) is 4.68 Å². The number of nitrogens with two attached hydrogens (primary N) is 1. The molecule has 2 heterocycles. The zero-order valence-corrected chi connectivity index (χ0v) is 10.4. The minimum Gasteiger partial charge on any atom is -0.368 e. The van der Waals surface area contributed by atoms with Crippen molar-refractivity contribution >= 4 is 16.0 Å². The first-order valence-corrected chi connectivity index (χ1v) is 6.51. The highest BCUT2D eigenvalue weighted by atomic mass is 32.2. The quantitative estimate of drug-likeness (QED) is 0.755. The van der Waals surface area contributed by atoms with Gasteiger partial charge in [-0.2, -0.15) is 5.10 Å². The van der Waals surface area contributed by atoms with Crippen LogP contribution in [0.4, 0.5) is 5.95 Å². The lowest BCUT2D eigenvalue weighted by Gasteiger charge is -2.06. The van der Waals surface area contributed by atoms with Crippen LogP contribution >= 0.6 is 0 Å². The fourth-order valence-corrected chi connectivity index (χ4v) is 2.18. The third-order valence-corrected chi connectivity index (χ3v) is 3.68. The highest BCUT2D eigenvalue weighted by Gasteiger charge is 2.15. The molecule has 2 rings (SSSR count). The normalized spacial score (nSPS) is 11.6. The minimum atomic E-state index is -3.64. The van der Waals surface area contributed by atoms with Crippen LogP contribution in [0.2, 0.25) is 0 Å². The average molecular weight is 268 g/mol. The molecule has 0 saturated heterocycles. The van der Waals surface area contributed by atoms with Crippen molar-refractivity contribution in [3.8, 4) is 0 Å². The number of aromatic nitrogens is 4. The van der Waals surface area contributed by atoms with E-state index in [1.165, 1.54) is 0 Å². The fraction of sp³-hybridized carbons (Fsp3) is 0.222. The molecule has 0 amide bonds. The van der Waals surface area contributed by atoms with Gasteiger partial charge in [0.2, 0.25) is 16.0 Å². The van der Waals surface area contributed by atoms with E-state index in [2.05, 4.69) is 19.8 Å². The summed E-state index contributed by atoms with van der Waals surface area (Å²) in [4.78, 5) is 7.25. The second-order valence-electron chi connectivity index (χ2n) is 3.55. The van der Waals surface area contributed by atoms with Crippen LogP contribution in [0.15, 0.2) is 29.6 Å². The number of nitrogens with zero attached hydrogens (tertiary/aromatic N) is 4. The number of hydrogen-bond donors (Lipinski definition) is 2. The van der Waals surface area contributed by atoms with Crippen LogP contribution in [-0.2, 0) is 23.6 Å². The van der Waals surface area contributed by atoms with Gasteiger partial charge in [-0.1, -0.05) is 0 Å². The molecule has 2 aromatic heterocycles. The molecule has 8 nitrogen and oxygen atoms in total. The second-order valence-corrected chi connectivity index (χ2v) is 5.31. The fourth-order valence-electron chi connectivity index (χ4n) is 1.29. The van der Waals surface area contributed by atoms with E-state index in [9.17, 15) is 8.42 Å². The molecule has 0 spiro atoms. The summed E-state index contributed by atoms with van der Waals surface area (Å²) in [5, 5.41) is 3.94. The van der Waals surface area contributed by atoms with Crippen LogP contribution in [0.5, 0.6) is 0 Å². The first kappa shape index (κ1) is 12.5. The molecule has 2 aromatic rings. The average Bonchev–Trinajstić information content (AvgIpc) is 2.73. The van der Waals surface area contributed by atoms with Gasteiger partial charge in [-0.25, -0.2) is 23.1 Å². The lowest BCUT2D eigenvalue weighted by Crippen LogP contribution is -2.24. The van der Waals surface area contributed by atoms with E-state index in [0.717, 1.165) is 18.1 Å². The van der Waals surface area contributed by atoms with Crippen LogP contribution in [0.3, 0.4) is 0 Å². The summed E-state index contributed by atoms with van der Waals surface area (Å²) in [6, 6.07) is 1.72. The van der Waals surface area contributed by atoms with Gasteiger partial charge in [-0.05, 0) is 6.07 Å². The number of anilines is 1. The molecule has 0 unspecified atom stereocenters. The predicted molar refractivity (Wildman–Crippen MR) is 63.7 cm³/mol. The number of nitrogens with one attached hydrogen (secondary N) is 1. The highest BCUT2D eigenvalue weighted by molar-refractivity contribution is 7.89. The maximum atomic E-state index is 11.9. The molecular weight excluding hydrogens is 256 g/mol. The first-order valence-electron chi connectivity index (χ1n) is 5.03. The Balaban J connectivity index is 2.13. The molecule has 0 aliphatic rings. The third kappa shape index (κ3) is 2.63. The Bertz CT molecular complexity index is 633. The van der Waals surface area contributed by atoms with Crippen molar-refractivity contribution in [1.82, 2.24) is 24.5 Å². The zero-order chi connectivity index (χ0) is 13.2. The molecule has 0 aromatic carbocycles. The summed E-state index contributed by atoms with van der Waals surface area (Å²) in [5.41, 5.74) is 6.04. The lowest BCUT2D eigenvalue weighted by molar-refractivity contribution is 0.576. The maximum absolute atomic E-state index is 11.9. The largest absolute Gasteiger partial charge is 0.368 e. The number of nitrogen functional groups attached to an aromatic ring is 1. The van der Waals surface area contributed by atoms with Gasteiger partial charge in [0.05, 0.1) is 24.6 Å². The monoisotopic (exact) mass is 268 g/mol. The lowest BCUT2D eigenvalue weighted by atomic mass is 10.4. The van der Waals surface area contributed by atoms with E-state index in [1.54, 1.807) is 24.0 Å². The third-order valence-electron chi connectivity index (χ3n) is 2.32. The van der Waals surface area contributed by atoms with Crippen LogP contribution in [0.25, 0.3) is 0 Å². The Morgan fingerprint density at radius 3 is 2.61 bits per heavy atom. The summed E-state index contributed by atoms with van der Waals surface area (Å²) in [7, 11) is -1.91. The van der Waals surface area contributed by atoms with Gasteiger partial charge >= 0.3 is 0 Å². The van der Waals surface area contributed by atoms with Crippen LogP contribution in [0, 0.1) is 0 Å². The van der Waals surface area contributed by atoms with Gasteiger partial charge in [0.15, 0.2) is 0 Å². The van der Waals surface area contributed by atoms with E-state index in [4.69, 9.17) is 5.73 Å². The van der Waals surface area contributed by atoms with E-state index in [0.29, 0.717) is 0 Å². The van der Waals surface area contributed by atoms with E-state index in [-0.39, 0.29) is 17.4 Å². The Kier molecular flexibility index (Phi) is 3.26. The summed E-state index contributed by atoms with van der Waals surface area (Å²) >= 11 is 0. The maximum Gasteiger partial charge on any atom is 0.243 e. The Morgan fingerprint density at radius 1 is 1.39 bits per heavy atom. The zero-order valence-electron chi connectivity index (χ0n) is 9.61. The second kappa shape index (κ2) is 4.70. The Hall–Kier alpha value is -2.00. The van der Waals surface area contributed by atoms with Crippen LogP contribution in [0.1, 0.15) is 5.69 Å². The summed E-state index contributed by atoms with van der Waals surface area (Å²) in [6.07, 6.45) is 3.91. The van der Waals surface area contributed by atoms with Crippen LogP contribution < -0.4 is 10.5 Å². The van der Waals surface area contributed by atoms with Crippen molar-refractivity contribution in [3.05, 3.63) is 30.4 Å². The van der Waals surface area contributed by atoms with E-state index >= 15 is 0 Å². The van der Waals surface area contributed by atoms with Crippen molar-refractivity contribution in [2.45, 2.75) is 11.4 Å². The molecule has 96 valence electrons. The van der Waals surface area contributed by atoms with E-state index < -0.39 is 10.0 Å².